The third-order valence-corrected chi connectivity index (χ3v) is 5.20. The number of carboxylic acids is 2. The summed E-state index contributed by atoms with van der Waals surface area (Å²) in [6.45, 7) is 4.36. The maximum Gasteiger partial charge on any atom is 0.325 e. The molecule has 0 unspecified atom stereocenters. The Balaban J connectivity index is 1.90. The molecule has 4 N–H and O–H groups in total. The zero-order valence-electron chi connectivity index (χ0n) is 15.9. The van der Waals surface area contributed by atoms with Gasteiger partial charge in [-0.05, 0) is 31.5 Å². The van der Waals surface area contributed by atoms with E-state index in [2.05, 4.69) is 10.3 Å². The van der Waals surface area contributed by atoms with Gasteiger partial charge < -0.3 is 20.5 Å². The van der Waals surface area contributed by atoms with Crippen molar-refractivity contribution >= 4 is 34.4 Å². The number of carbonyl (C=O) groups excluding carboxylic acids is 1. The molecule has 0 aliphatic carbocycles. The monoisotopic (exact) mass is 387 g/mol. The molecule has 1 aliphatic rings. The lowest BCUT2D eigenvalue weighted by molar-refractivity contribution is -0.149. The number of aromatic nitrogens is 1. The van der Waals surface area contributed by atoms with Crippen molar-refractivity contribution in [1.82, 2.24) is 9.88 Å². The predicted molar refractivity (Wildman–Crippen MR) is 104 cm³/mol. The Hall–Kier alpha value is -2.87. The number of anilines is 1. The van der Waals surface area contributed by atoms with Crippen LogP contribution in [-0.4, -0.2) is 51.0 Å². The van der Waals surface area contributed by atoms with Gasteiger partial charge in [-0.25, -0.2) is 0 Å². The third-order valence-electron chi connectivity index (χ3n) is 5.20. The standard InChI is InChI=1S/C20H25N3O5/c1-11(2)18(24)22-13-5-6-14-15(9-21-16(14)8-13)17(20(27)28)23-7-3-4-12(10-23)19(25)26/h5-6,8-9,11-12,17,21H,3-4,7,10H2,1-2H3,(H,22,24)(H,25,26)(H,27,28)/t12-,17+/m0/s1. The molecule has 1 fully saturated rings. The van der Waals surface area contributed by atoms with E-state index in [-0.39, 0.29) is 18.4 Å². The quantitative estimate of drug-likeness (QED) is 0.604. The van der Waals surface area contributed by atoms with Crippen molar-refractivity contribution < 1.29 is 24.6 Å². The van der Waals surface area contributed by atoms with E-state index in [4.69, 9.17) is 0 Å². The summed E-state index contributed by atoms with van der Waals surface area (Å²) < 4.78 is 0. The normalized spacial score (nSPS) is 18.9. The van der Waals surface area contributed by atoms with Crippen molar-refractivity contribution in [3.05, 3.63) is 30.0 Å². The summed E-state index contributed by atoms with van der Waals surface area (Å²) in [5, 5.41) is 22.7. The number of hydrogen-bond acceptors (Lipinski definition) is 4. The van der Waals surface area contributed by atoms with E-state index in [1.807, 2.05) is 0 Å². The maximum absolute atomic E-state index is 12.0. The van der Waals surface area contributed by atoms with Crippen LogP contribution < -0.4 is 5.32 Å². The van der Waals surface area contributed by atoms with Crippen LogP contribution >= 0.6 is 0 Å². The molecule has 0 saturated carbocycles. The summed E-state index contributed by atoms with van der Waals surface area (Å²) >= 11 is 0. The highest BCUT2D eigenvalue weighted by Crippen LogP contribution is 2.33. The van der Waals surface area contributed by atoms with Gasteiger partial charge >= 0.3 is 11.9 Å². The highest BCUT2D eigenvalue weighted by atomic mass is 16.4. The van der Waals surface area contributed by atoms with E-state index in [0.717, 1.165) is 10.9 Å². The molecule has 1 aliphatic heterocycles. The molecule has 3 rings (SSSR count). The maximum atomic E-state index is 12.0. The van der Waals surface area contributed by atoms with Crippen molar-refractivity contribution in [2.24, 2.45) is 11.8 Å². The Morgan fingerprint density at radius 3 is 2.64 bits per heavy atom. The molecule has 0 bridgehead atoms. The molecule has 0 radical (unpaired) electrons. The van der Waals surface area contributed by atoms with Crippen molar-refractivity contribution in [2.75, 3.05) is 18.4 Å². The first-order valence-electron chi connectivity index (χ1n) is 9.39. The van der Waals surface area contributed by atoms with Gasteiger partial charge in [-0.3, -0.25) is 19.3 Å². The lowest BCUT2D eigenvalue weighted by Crippen LogP contribution is -2.43. The predicted octanol–water partition coefficient (Wildman–Crippen LogP) is 2.68. The van der Waals surface area contributed by atoms with Gasteiger partial charge in [0.05, 0.1) is 5.92 Å². The Labute approximate surface area is 162 Å². The first kappa shape index (κ1) is 19.9. The second kappa shape index (κ2) is 8.02. The molecule has 1 aromatic carbocycles. The number of carboxylic acid groups (broad SMARTS) is 2. The number of aromatic amines is 1. The van der Waals surface area contributed by atoms with E-state index in [0.29, 0.717) is 30.6 Å². The number of nitrogens with zero attached hydrogens (tertiary/aromatic N) is 1. The SMILES string of the molecule is CC(C)C(=O)Nc1ccc2c([C@H](C(=O)O)N3CCC[C@H](C(=O)O)C3)c[nH]c2c1. The molecule has 2 aromatic rings. The number of carbonyl (C=O) groups is 3. The number of amides is 1. The molecule has 0 spiro atoms. The van der Waals surface area contributed by atoms with E-state index >= 15 is 0 Å². The largest absolute Gasteiger partial charge is 0.481 e. The summed E-state index contributed by atoms with van der Waals surface area (Å²) in [6.07, 6.45) is 2.86. The van der Waals surface area contributed by atoms with Gasteiger partial charge in [0.25, 0.3) is 0 Å². The van der Waals surface area contributed by atoms with Crippen LogP contribution in [0.5, 0.6) is 0 Å². The molecular weight excluding hydrogens is 362 g/mol. The number of rotatable bonds is 6. The molecule has 1 saturated heterocycles. The van der Waals surface area contributed by atoms with Crippen LogP contribution in [0.3, 0.4) is 0 Å². The lowest BCUT2D eigenvalue weighted by atomic mass is 9.94. The third kappa shape index (κ3) is 4.01. The van der Waals surface area contributed by atoms with Crippen LogP contribution in [0.4, 0.5) is 5.69 Å². The number of likely N-dealkylation sites (tertiary alicyclic amines) is 1. The molecule has 2 atom stereocenters. The molecular formula is C20H25N3O5. The number of benzene rings is 1. The fraction of sp³-hybridized carbons (Fsp3) is 0.450. The molecule has 150 valence electrons. The van der Waals surface area contributed by atoms with Gasteiger partial charge in [-0.2, -0.15) is 0 Å². The van der Waals surface area contributed by atoms with E-state index in [9.17, 15) is 24.6 Å². The molecule has 2 heterocycles. The molecule has 1 aromatic heterocycles. The van der Waals surface area contributed by atoms with Gasteiger partial charge in [0.15, 0.2) is 0 Å². The molecule has 8 nitrogen and oxygen atoms in total. The second-order valence-electron chi connectivity index (χ2n) is 7.56. The summed E-state index contributed by atoms with van der Waals surface area (Å²) in [7, 11) is 0. The topological polar surface area (TPSA) is 123 Å². The number of H-pyrrole nitrogens is 1. The fourth-order valence-corrected chi connectivity index (χ4v) is 3.67. The smallest absolute Gasteiger partial charge is 0.325 e. The minimum atomic E-state index is -1.01. The first-order chi connectivity index (χ1) is 13.3. The number of piperidine rings is 1. The summed E-state index contributed by atoms with van der Waals surface area (Å²) in [5.74, 6) is -2.70. The zero-order chi connectivity index (χ0) is 20.4. The highest BCUT2D eigenvalue weighted by Gasteiger charge is 2.35. The van der Waals surface area contributed by atoms with Crippen molar-refractivity contribution in [1.29, 1.82) is 0 Å². The minimum Gasteiger partial charge on any atom is -0.481 e. The van der Waals surface area contributed by atoms with Crippen LogP contribution in [0.25, 0.3) is 10.9 Å². The fourth-order valence-electron chi connectivity index (χ4n) is 3.67. The molecule has 28 heavy (non-hydrogen) atoms. The van der Waals surface area contributed by atoms with Crippen molar-refractivity contribution in [2.45, 2.75) is 32.7 Å². The van der Waals surface area contributed by atoms with E-state index in [1.165, 1.54) is 0 Å². The average molecular weight is 387 g/mol. The van der Waals surface area contributed by atoms with Crippen molar-refractivity contribution in [3.63, 3.8) is 0 Å². The highest BCUT2D eigenvalue weighted by molar-refractivity contribution is 5.96. The van der Waals surface area contributed by atoms with Gasteiger partial charge in [0.2, 0.25) is 5.91 Å². The minimum absolute atomic E-state index is 0.0948. The Kier molecular flexibility index (Phi) is 5.69. The van der Waals surface area contributed by atoms with Crippen LogP contribution in [0.15, 0.2) is 24.4 Å². The number of hydrogen-bond donors (Lipinski definition) is 4. The Morgan fingerprint density at radius 2 is 2.00 bits per heavy atom. The summed E-state index contributed by atoms with van der Waals surface area (Å²) in [5.41, 5.74) is 1.94. The zero-order valence-corrected chi connectivity index (χ0v) is 15.9. The Morgan fingerprint density at radius 1 is 1.25 bits per heavy atom. The van der Waals surface area contributed by atoms with Gasteiger partial charge in [0.1, 0.15) is 6.04 Å². The average Bonchev–Trinajstić information content (AvgIpc) is 3.04. The molecule has 8 heteroatoms. The van der Waals surface area contributed by atoms with E-state index in [1.54, 1.807) is 43.1 Å². The summed E-state index contributed by atoms with van der Waals surface area (Å²) in [6, 6.07) is 4.38. The van der Waals surface area contributed by atoms with Gasteiger partial charge in [-0.1, -0.05) is 19.9 Å². The van der Waals surface area contributed by atoms with Crippen LogP contribution in [0, 0.1) is 11.8 Å². The van der Waals surface area contributed by atoms with Gasteiger partial charge in [0, 0.05) is 40.8 Å². The lowest BCUT2D eigenvalue weighted by Gasteiger charge is -2.34. The van der Waals surface area contributed by atoms with Gasteiger partial charge in [-0.15, -0.1) is 0 Å². The molecule has 1 amide bonds. The number of fused-ring (bicyclic) bond motifs is 1. The van der Waals surface area contributed by atoms with Crippen LogP contribution in [0.2, 0.25) is 0 Å². The Bertz CT molecular complexity index is 904. The number of nitrogens with one attached hydrogen (secondary N) is 2. The number of aliphatic carboxylic acids is 2. The second-order valence-corrected chi connectivity index (χ2v) is 7.56. The summed E-state index contributed by atoms with van der Waals surface area (Å²) in [4.78, 5) is 40.1. The van der Waals surface area contributed by atoms with Crippen LogP contribution in [0.1, 0.15) is 38.3 Å². The van der Waals surface area contributed by atoms with Crippen LogP contribution in [-0.2, 0) is 14.4 Å². The first-order valence-corrected chi connectivity index (χ1v) is 9.39. The van der Waals surface area contributed by atoms with Crippen molar-refractivity contribution in [3.8, 4) is 0 Å². The van der Waals surface area contributed by atoms with E-state index < -0.39 is 23.9 Å².